The summed E-state index contributed by atoms with van der Waals surface area (Å²) < 4.78 is 45.4. The van der Waals surface area contributed by atoms with Gasteiger partial charge in [-0.15, -0.1) is 0 Å². The molecule has 156 valence electrons. The summed E-state index contributed by atoms with van der Waals surface area (Å²) in [5.41, 5.74) is 3.05. The number of benzene rings is 2. The van der Waals surface area contributed by atoms with E-state index in [1.807, 2.05) is 30.3 Å². The molecule has 0 amide bonds. The number of hydrogen-bond donors (Lipinski definition) is 0. The topological polar surface area (TPSA) is 36.5 Å². The van der Waals surface area contributed by atoms with E-state index in [2.05, 4.69) is 20.1 Å². The Morgan fingerprint density at radius 2 is 1.73 bits per heavy atom. The lowest BCUT2D eigenvalue weighted by Crippen LogP contribution is -2.38. The summed E-state index contributed by atoms with van der Waals surface area (Å²) in [6.45, 7) is -0.779. The Labute approximate surface area is 173 Å². The Morgan fingerprint density at radius 1 is 0.933 bits per heavy atom. The minimum absolute atomic E-state index is 0.163. The molecular formula is C23H23F2N2O3+. The van der Waals surface area contributed by atoms with Crippen molar-refractivity contribution in [2.75, 3.05) is 13.2 Å². The first kappa shape index (κ1) is 18.9. The fraction of sp³-hybridized carbons (Fsp3) is 0.348. The molecule has 0 unspecified atom stereocenters. The molecule has 0 aliphatic carbocycles. The monoisotopic (exact) mass is 413 g/mol. The van der Waals surface area contributed by atoms with Crippen LogP contribution in [0.2, 0.25) is 0 Å². The van der Waals surface area contributed by atoms with Crippen LogP contribution in [0.3, 0.4) is 0 Å². The van der Waals surface area contributed by atoms with Crippen molar-refractivity contribution in [1.82, 2.24) is 4.57 Å². The molecule has 0 saturated heterocycles. The van der Waals surface area contributed by atoms with Crippen LogP contribution in [0.15, 0.2) is 48.7 Å². The summed E-state index contributed by atoms with van der Waals surface area (Å²) in [5.74, 6) is 2.92. The number of fused-ring (bicyclic) bond motifs is 2. The van der Waals surface area contributed by atoms with Crippen molar-refractivity contribution in [1.29, 1.82) is 0 Å². The highest BCUT2D eigenvalue weighted by Gasteiger charge is 2.28. The van der Waals surface area contributed by atoms with Crippen LogP contribution in [-0.4, -0.2) is 24.4 Å². The molecule has 0 radical (unpaired) electrons. The highest BCUT2D eigenvalue weighted by molar-refractivity contribution is 5.58. The zero-order valence-electron chi connectivity index (χ0n) is 16.5. The molecule has 1 aromatic heterocycles. The summed E-state index contributed by atoms with van der Waals surface area (Å²) in [6.07, 6.45) is 6.52. The van der Waals surface area contributed by atoms with Gasteiger partial charge in [0.25, 0.3) is 5.82 Å². The van der Waals surface area contributed by atoms with Crippen LogP contribution in [-0.2, 0) is 13.0 Å². The number of aromatic nitrogens is 2. The van der Waals surface area contributed by atoms with Crippen LogP contribution in [0, 0.1) is 0 Å². The van der Waals surface area contributed by atoms with Crippen LogP contribution in [0.4, 0.5) is 8.78 Å². The second kappa shape index (κ2) is 7.97. The number of imidazole rings is 1. The second-order valence-electron chi connectivity index (χ2n) is 7.49. The van der Waals surface area contributed by atoms with Gasteiger partial charge < -0.3 is 14.2 Å². The SMILES string of the molecule is FC(F)Oc1ccc(-c2cn(-c3ccc4c(c3)OCCO4)c3[n+]2CCCCC3)cc1. The predicted octanol–water partition coefficient (Wildman–Crippen LogP) is 4.53. The quantitative estimate of drug-likeness (QED) is 0.590. The van der Waals surface area contributed by atoms with Crippen LogP contribution in [0.25, 0.3) is 16.9 Å². The number of alkyl halides is 2. The predicted molar refractivity (Wildman–Crippen MR) is 107 cm³/mol. The van der Waals surface area contributed by atoms with Crippen LogP contribution >= 0.6 is 0 Å². The van der Waals surface area contributed by atoms with Gasteiger partial charge in [-0.1, -0.05) is 0 Å². The van der Waals surface area contributed by atoms with E-state index in [0.717, 1.165) is 54.3 Å². The summed E-state index contributed by atoms with van der Waals surface area (Å²) in [6, 6.07) is 12.9. The van der Waals surface area contributed by atoms with E-state index in [9.17, 15) is 8.78 Å². The van der Waals surface area contributed by atoms with Gasteiger partial charge in [0.15, 0.2) is 17.2 Å². The second-order valence-corrected chi connectivity index (χ2v) is 7.49. The molecule has 2 aliphatic rings. The van der Waals surface area contributed by atoms with E-state index in [0.29, 0.717) is 13.2 Å². The van der Waals surface area contributed by atoms with E-state index < -0.39 is 6.61 Å². The van der Waals surface area contributed by atoms with E-state index in [1.54, 1.807) is 12.1 Å². The zero-order chi connectivity index (χ0) is 20.5. The van der Waals surface area contributed by atoms with E-state index in [4.69, 9.17) is 9.47 Å². The van der Waals surface area contributed by atoms with E-state index in [1.165, 1.54) is 12.2 Å². The van der Waals surface area contributed by atoms with Crippen LogP contribution < -0.4 is 18.8 Å². The number of hydrogen-bond acceptors (Lipinski definition) is 3. The third-order valence-electron chi connectivity index (χ3n) is 5.59. The zero-order valence-corrected chi connectivity index (χ0v) is 16.5. The van der Waals surface area contributed by atoms with Crippen LogP contribution in [0.5, 0.6) is 17.2 Å². The Bertz CT molecular complexity index is 1050. The van der Waals surface area contributed by atoms with Crippen molar-refractivity contribution < 1.29 is 27.6 Å². The van der Waals surface area contributed by atoms with Gasteiger partial charge >= 0.3 is 6.61 Å². The minimum atomic E-state index is -2.82. The van der Waals surface area contributed by atoms with Gasteiger partial charge in [0.2, 0.25) is 0 Å². The molecule has 2 aromatic carbocycles. The molecule has 2 aliphatic heterocycles. The van der Waals surface area contributed by atoms with Gasteiger partial charge in [-0.2, -0.15) is 13.3 Å². The van der Waals surface area contributed by atoms with Crippen molar-refractivity contribution in [3.8, 4) is 34.2 Å². The first-order chi connectivity index (χ1) is 14.7. The standard InChI is InChI=1S/C23H23F2N2O3/c24-23(25)30-18-8-5-16(6-9-18)19-15-27(22-4-2-1-3-11-26(19)22)17-7-10-20-21(14-17)29-13-12-28-20/h5-10,14-15,23H,1-4,11-13H2/q+1. The average molecular weight is 413 g/mol. The largest absolute Gasteiger partial charge is 0.486 e. The maximum absolute atomic E-state index is 12.5. The van der Waals surface area contributed by atoms with Gasteiger partial charge in [-0.3, -0.25) is 0 Å². The lowest BCUT2D eigenvalue weighted by Gasteiger charge is -2.18. The maximum atomic E-state index is 12.5. The molecule has 0 fully saturated rings. The van der Waals surface area contributed by atoms with Gasteiger partial charge in [-0.05, 0) is 55.7 Å². The van der Waals surface area contributed by atoms with Gasteiger partial charge in [0.05, 0.1) is 6.54 Å². The Balaban J connectivity index is 1.57. The Hall–Kier alpha value is -3.09. The molecular weight excluding hydrogens is 390 g/mol. The van der Waals surface area contributed by atoms with Crippen molar-refractivity contribution in [2.24, 2.45) is 0 Å². The summed E-state index contributed by atoms with van der Waals surface area (Å²) >= 11 is 0. The van der Waals surface area contributed by atoms with Gasteiger partial charge in [-0.25, -0.2) is 4.57 Å². The van der Waals surface area contributed by atoms with Gasteiger partial charge in [0.1, 0.15) is 30.8 Å². The molecule has 5 nitrogen and oxygen atoms in total. The Morgan fingerprint density at radius 3 is 2.53 bits per heavy atom. The molecule has 0 saturated carbocycles. The Kier molecular flexibility index (Phi) is 5.02. The summed E-state index contributed by atoms with van der Waals surface area (Å²) in [5, 5.41) is 0. The summed E-state index contributed by atoms with van der Waals surface area (Å²) in [7, 11) is 0. The third-order valence-corrected chi connectivity index (χ3v) is 5.59. The van der Waals surface area contributed by atoms with Crippen molar-refractivity contribution in [3.05, 3.63) is 54.5 Å². The molecule has 0 bridgehead atoms. The van der Waals surface area contributed by atoms with Crippen LogP contribution in [0.1, 0.15) is 25.1 Å². The summed E-state index contributed by atoms with van der Waals surface area (Å²) in [4.78, 5) is 0. The molecule has 5 rings (SSSR count). The molecule has 0 atom stereocenters. The molecule has 30 heavy (non-hydrogen) atoms. The minimum Gasteiger partial charge on any atom is -0.486 e. The first-order valence-electron chi connectivity index (χ1n) is 10.3. The normalized spacial score (nSPS) is 15.6. The van der Waals surface area contributed by atoms with Crippen molar-refractivity contribution in [2.45, 2.75) is 38.8 Å². The molecule has 3 aromatic rings. The fourth-order valence-electron chi connectivity index (χ4n) is 4.21. The molecule has 0 N–H and O–H groups in total. The van der Waals surface area contributed by atoms with E-state index in [-0.39, 0.29) is 5.75 Å². The maximum Gasteiger partial charge on any atom is 0.387 e. The molecule has 3 heterocycles. The first-order valence-corrected chi connectivity index (χ1v) is 10.3. The molecule has 7 heteroatoms. The third kappa shape index (κ3) is 3.60. The molecule has 0 spiro atoms. The average Bonchev–Trinajstić information content (AvgIpc) is 2.94. The number of ether oxygens (including phenoxy) is 3. The lowest BCUT2D eigenvalue weighted by atomic mass is 10.1. The fourth-order valence-corrected chi connectivity index (χ4v) is 4.21. The van der Waals surface area contributed by atoms with Crippen molar-refractivity contribution >= 4 is 0 Å². The van der Waals surface area contributed by atoms with E-state index >= 15 is 0 Å². The highest BCUT2D eigenvalue weighted by atomic mass is 19.3. The number of rotatable bonds is 4. The number of nitrogens with zero attached hydrogens (tertiary/aromatic N) is 2. The van der Waals surface area contributed by atoms with Crippen molar-refractivity contribution in [3.63, 3.8) is 0 Å². The highest BCUT2D eigenvalue weighted by Crippen LogP contribution is 2.33. The smallest absolute Gasteiger partial charge is 0.387 e. The lowest BCUT2D eigenvalue weighted by molar-refractivity contribution is -0.692. The van der Waals surface area contributed by atoms with Gasteiger partial charge in [0, 0.05) is 18.1 Å². The number of halogens is 2.